The summed E-state index contributed by atoms with van der Waals surface area (Å²) in [4.78, 5) is 22.1. The molecule has 3 aliphatic heterocycles. The van der Waals surface area contributed by atoms with Crippen LogP contribution in [0.1, 0.15) is 31.0 Å². The van der Waals surface area contributed by atoms with Crippen LogP contribution in [0.3, 0.4) is 0 Å². The number of aromatic nitrogens is 1. The molecule has 0 radical (unpaired) electrons. The van der Waals surface area contributed by atoms with Crippen molar-refractivity contribution in [2.75, 3.05) is 62.7 Å². The van der Waals surface area contributed by atoms with Crippen LogP contribution in [0.25, 0.3) is 16.7 Å². The number of likely N-dealkylation sites (tertiary alicyclic amines) is 1. The van der Waals surface area contributed by atoms with Crippen molar-refractivity contribution in [1.82, 2.24) is 15.2 Å². The van der Waals surface area contributed by atoms with E-state index >= 15 is 0 Å². The number of ether oxygens (including phenoxy) is 1. The van der Waals surface area contributed by atoms with E-state index in [1.54, 1.807) is 0 Å². The largest absolute Gasteiger partial charge is 0.378 e. The maximum Gasteiger partial charge on any atom is 0.321 e. The monoisotopic (exact) mass is 461 g/mol. The number of urea groups is 1. The van der Waals surface area contributed by atoms with Gasteiger partial charge < -0.3 is 25.2 Å². The first-order valence-corrected chi connectivity index (χ1v) is 12.5. The summed E-state index contributed by atoms with van der Waals surface area (Å²) >= 11 is 0. The zero-order chi connectivity index (χ0) is 23.5. The molecule has 34 heavy (non-hydrogen) atoms. The highest BCUT2D eigenvalue weighted by molar-refractivity contribution is 5.91. The second kappa shape index (κ2) is 10.2. The van der Waals surface area contributed by atoms with Gasteiger partial charge in [-0.15, -0.1) is 0 Å². The summed E-state index contributed by atoms with van der Waals surface area (Å²) in [6, 6.07) is 10.6. The van der Waals surface area contributed by atoms with Gasteiger partial charge in [-0.2, -0.15) is 0 Å². The Balaban J connectivity index is 1.45. The standard InChI is InChI=1S/C27H35N5O2/c1-3-20-7-9-32(18-20)27(33)29-23-5-4-19(2)24(16-23)22-14-25(21-6-8-28-17-21)30-26(15-22)31-10-12-34-13-11-31/h4-6,14-16,20,28H,3,7-13,17-18H2,1-2H3,(H,29,33)/t20-/m1/s1. The Hall–Kier alpha value is -2.90. The van der Waals surface area contributed by atoms with Crippen LogP contribution >= 0.6 is 0 Å². The Bertz CT molecular complexity index is 1080. The van der Waals surface area contributed by atoms with Crippen molar-refractivity contribution in [3.05, 3.63) is 47.7 Å². The number of benzene rings is 1. The van der Waals surface area contributed by atoms with Crippen LogP contribution in [0.4, 0.5) is 16.3 Å². The van der Waals surface area contributed by atoms with Crippen LogP contribution in [0, 0.1) is 12.8 Å². The van der Waals surface area contributed by atoms with Gasteiger partial charge in [-0.25, -0.2) is 9.78 Å². The van der Waals surface area contributed by atoms with E-state index in [2.05, 4.69) is 59.7 Å². The molecular formula is C27H35N5O2. The van der Waals surface area contributed by atoms with E-state index in [0.29, 0.717) is 5.92 Å². The highest BCUT2D eigenvalue weighted by Crippen LogP contribution is 2.32. The summed E-state index contributed by atoms with van der Waals surface area (Å²) in [7, 11) is 0. The van der Waals surface area contributed by atoms with Crippen molar-refractivity contribution >= 4 is 23.1 Å². The summed E-state index contributed by atoms with van der Waals surface area (Å²) in [6.45, 7) is 10.9. The average molecular weight is 462 g/mol. The highest BCUT2D eigenvalue weighted by Gasteiger charge is 2.25. The van der Waals surface area contributed by atoms with Crippen LogP contribution in [-0.2, 0) is 4.74 Å². The van der Waals surface area contributed by atoms with Crippen LogP contribution in [0.5, 0.6) is 0 Å². The topological polar surface area (TPSA) is 69.7 Å². The number of hydrogen-bond acceptors (Lipinski definition) is 5. The number of anilines is 2. The number of rotatable bonds is 5. The lowest BCUT2D eigenvalue weighted by molar-refractivity contribution is 0.122. The fourth-order valence-corrected chi connectivity index (χ4v) is 5.02. The number of morpholine rings is 1. The normalized spacial score (nSPS) is 20.5. The molecule has 4 heterocycles. The number of hydrogen-bond donors (Lipinski definition) is 2. The van der Waals surface area contributed by atoms with Crippen LogP contribution < -0.4 is 15.5 Å². The molecule has 2 saturated heterocycles. The molecule has 2 aromatic rings. The van der Waals surface area contributed by atoms with E-state index in [1.165, 1.54) is 11.1 Å². The van der Waals surface area contributed by atoms with Gasteiger partial charge in [0.1, 0.15) is 5.82 Å². The fourth-order valence-electron chi connectivity index (χ4n) is 5.02. The van der Waals surface area contributed by atoms with Gasteiger partial charge in [-0.1, -0.05) is 25.5 Å². The Morgan fingerprint density at radius 1 is 1.21 bits per heavy atom. The van der Waals surface area contributed by atoms with Gasteiger partial charge in [0.05, 0.1) is 18.9 Å². The molecular weight excluding hydrogens is 426 g/mol. The average Bonchev–Trinajstić information content (AvgIpc) is 3.58. The van der Waals surface area contributed by atoms with Crippen molar-refractivity contribution in [3.63, 3.8) is 0 Å². The lowest BCUT2D eigenvalue weighted by Crippen LogP contribution is -2.36. The zero-order valence-electron chi connectivity index (χ0n) is 20.3. The zero-order valence-corrected chi connectivity index (χ0v) is 20.3. The number of aryl methyl sites for hydroxylation is 1. The van der Waals surface area contributed by atoms with E-state index in [4.69, 9.17) is 9.72 Å². The summed E-state index contributed by atoms with van der Waals surface area (Å²) in [5.41, 5.74) is 6.50. The maximum atomic E-state index is 12.9. The molecule has 7 nitrogen and oxygen atoms in total. The summed E-state index contributed by atoms with van der Waals surface area (Å²) < 4.78 is 5.56. The molecule has 180 valence electrons. The van der Waals surface area contributed by atoms with Gasteiger partial charge in [0, 0.05) is 45.0 Å². The minimum atomic E-state index is -0.00244. The fraction of sp³-hybridized carbons (Fsp3) is 0.481. The molecule has 1 aromatic carbocycles. The molecule has 0 aliphatic carbocycles. The van der Waals surface area contributed by atoms with Crippen molar-refractivity contribution in [3.8, 4) is 11.1 Å². The van der Waals surface area contributed by atoms with Crippen LogP contribution in [-0.4, -0.2) is 68.4 Å². The van der Waals surface area contributed by atoms with Gasteiger partial charge in [0.15, 0.2) is 0 Å². The molecule has 2 fully saturated rings. The SMILES string of the molecule is CC[C@@H]1CCN(C(=O)Nc2ccc(C)c(-c3cc(C4=CCNC4)nc(N4CCOCC4)c3)c2)C1. The first kappa shape index (κ1) is 22.9. The highest BCUT2D eigenvalue weighted by atomic mass is 16.5. The first-order valence-electron chi connectivity index (χ1n) is 12.5. The second-order valence-electron chi connectivity index (χ2n) is 9.53. The van der Waals surface area contributed by atoms with Gasteiger partial charge in [0.2, 0.25) is 0 Å². The number of nitrogens with one attached hydrogen (secondary N) is 2. The Kier molecular flexibility index (Phi) is 6.83. The van der Waals surface area contributed by atoms with Gasteiger partial charge >= 0.3 is 6.03 Å². The summed E-state index contributed by atoms with van der Waals surface area (Å²) in [6.07, 6.45) is 4.44. The molecule has 2 amide bonds. The van der Waals surface area contributed by atoms with E-state index in [0.717, 1.165) is 93.7 Å². The Morgan fingerprint density at radius 3 is 2.79 bits per heavy atom. The number of pyridine rings is 1. The minimum Gasteiger partial charge on any atom is -0.378 e. The lowest BCUT2D eigenvalue weighted by Gasteiger charge is -2.28. The lowest BCUT2D eigenvalue weighted by atomic mass is 9.98. The smallest absolute Gasteiger partial charge is 0.321 e. The number of nitrogens with zero attached hydrogens (tertiary/aromatic N) is 3. The third kappa shape index (κ3) is 4.95. The molecule has 1 atom stereocenters. The maximum absolute atomic E-state index is 12.9. The molecule has 1 aromatic heterocycles. The van der Waals surface area contributed by atoms with E-state index < -0.39 is 0 Å². The molecule has 5 rings (SSSR count). The van der Waals surface area contributed by atoms with Crippen LogP contribution in [0.2, 0.25) is 0 Å². The number of carbonyl (C=O) groups excluding carboxylic acids is 1. The van der Waals surface area contributed by atoms with Crippen LogP contribution in [0.15, 0.2) is 36.4 Å². The van der Waals surface area contributed by atoms with Gasteiger partial charge in [-0.05, 0) is 65.8 Å². The molecule has 0 spiro atoms. The molecule has 0 bridgehead atoms. The summed E-state index contributed by atoms with van der Waals surface area (Å²) in [5.74, 6) is 1.60. The summed E-state index contributed by atoms with van der Waals surface area (Å²) in [5, 5.41) is 6.52. The first-order chi connectivity index (χ1) is 16.6. The predicted octanol–water partition coefficient (Wildman–Crippen LogP) is 4.14. The van der Waals surface area contributed by atoms with Crippen molar-refractivity contribution in [2.24, 2.45) is 5.92 Å². The van der Waals surface area contributed by atoms with E-state index in [1.807, 2.05) is 11.0 Å². The van der Waals surface area contributed by atoms with Crippen molar-refractivity contribution < 1.29 is 9.53 Å². The molecule has 3 aliphatic rings. The molecule has 0 saturated carbocycles. The Morgan fingerprint density at radius 2 is 2.06 bits per heavy atom. The molecule has 0 unspecified atom stereocenters. The quantitative estimate of drug-likeness (QED) is 0.700. The van der Waals surface area contributed by atoms with Gasteiger partial charge in [-0.3, -0.25) is 0 Å². The van der Waals surface area contributed by atoms with Crippen molar-refractivity contribution in [1.29, 1.82) is 0 Å². The predicted molar refractivity (Wildman–Crippen MR) is 137 cm³/mol. The molecule has 2 N–H and O–H groups in total. The molecule has 7 heteroatoms. The Labute approximate surface area is 202 Å². The van der Waals surface area contributed by atoms with E-state index in [9.17, 15) is 4.79 Å². The van der Waals surface area contributed by atoms with Crippen molar-refractivity contribution in [2.45, 2.75) is 26.7 Å². The van der Waals surface area contributed by atoms with E-state index in [-0.39, 0.29) is 6.03 Å². The second-order valence-corrected chi connectivity index (χ2v) is 9.53. The number of carbonyl (C=O) groups is 1. The minimum absolute atomic E-state index is 0.00244. The number of amides is 2. The van der Waals surface area contributed by atoms with Gasteiger partial charge in [0.25, 0.3) is 0 Å². The third-order valence-corrected chi connectivity index (χ3v) is 7.23. The third-order valence-electron chi connectivity index (χ3n) is 7.23.